The predicted octanol–water partition coefficient (Wildman–Crippen LogP) is 2.69. The molecule has 1 aliphatic rings. The molecule has 1 atom stereocenters. The van der Waals surface area contributed by atoms with Gasteiger partial charge in [-0.05, 0) is 18.6 Å². The molecule has 1 saturated heterocycles. The molecule has 2 rings (SSSR count). The Morgan fingerprint density at radius 2 is 1.95 bits per heavy atom. The third-order valence-electron chi connectivity index (χ3n) is 3.15. The molecule has 0 aromatic heterocycles. The molecule has 4 nitrogen and oxygen atoms in total. The Kier molecular flexibility index (Phi) is 4.58. The van der Waals surface area contributed by atoms with Gasteiger partial charge in [-0.1, -0.05) is 13.0 Å². The van der Waals surface area contributed by atoms with E-state index in [2.05, 4.69) is 6.92 Å². The van der Waals surface area contributed by atoms with Crippen LogP contribution in [-0.4, -0.2) is 37.3 Å². The van der Waals surface area contributed by atoms with Crippen molar-refractivity contribution in [2.45, 2.75) is 18.7 Å². The van der Waals surface area contributed by atoms with Crippen molar-refractivity contribution in [3.63, 3.8) is 0 Å². The summed E-state index contributed by atoms with van der Waals surface area (Å²) in [5.74, 6) is 2.25. The Morgan fingerprint density at radius 3 is 2.47 bits per heavy atom. The minimum absolute atomic E-state index is 0.0152. The number of hydrogen-bond donors (Lipinski definition) is 0. The van der Waals surface area contributed by atoms with Crippen LogP contribution in [0.2, 0.25) is 0 Å². The quantitative estimate of drug-likeness (QED) is 0.832. The zero-order valence-electron chi connectivity index (χ0n) is 11.5. The minimum Gasteiger partial charge on any atom is -0.496 e. The maximum absolute atomic E-state index is 12.0. The van der Waals surface area contributed by atoms with Crippen LogP contribution in [0.15, 0.2) is 18.2 Å². The fraction of sp³-hybridized carbons (Fsp3) is 0.500. The van der Waals surface area contributed by atoms with Crippen molar-refractivity contribution in [3.8, 4) is 11.5 Å². The molecule has 5 heteroatoms. The summed E-state index contributed by atoms with van der Waals surface area (Å²) in [6.45, 7) is 2.84. The highest BCUT2D eigenvalue weighted by Crippen LogP contribution is 2.46. The molecule has 0 N–H and O–H groups in total. The second-order valence-corrected chi connectivity index (χ2v) is 5.40. The number of carbonyl (C=O) groups excluding carboxylic acids is 1. The third-order valence-corrected chi connectivity index (χ3v) is 4.37. The lowest BCUT2D eigenvalue weighted by Crippen LogP contribution is -2.29. The van der Waals surface area contributed by atoms with Gasteiger partial charge in [0.15, 0.2) is 0 Å². The highest BCUT2D eigenvalue weighted by atomic mass is 32.2. The lowest BCUT2D eigenvalue weighted by Gasteiger charge is -2.26. The first kappa shape index (κ1) is 14.1. The topological polar surface area (TPSA) is 38.8 Å². The minimum atomic E-state index is -0.0152. The van der Waals surface area contributed by atoms with E-state index >= 15 is 0 Å². The molecule has 1 fully saturated rings. The van der Waals surface area contributed by atoms with E-state index in [1.165, 1.54) is 0 Å². The summed E-state index contributed by atoms with van der Waals surface area (Å²) >= 11 is 1.63. The van der Waals surface area contributed by atoms with E-state index in [4.69, 9.17) is 9.47 Å². The van der Waals surface area contributed by atoms with Gasteiger partial charge in [0, 0.05) is 6.54 Å². The Labute approximate surface area is 118 Å². The second kappa shape index (κ2) is 6.19. The monoisotopic (exact) mass is 281 g/mol. The van der Waals surface area contributed by atoms with Crippen molar-refractivity contribution in [3.05, 3.63) is 23.8 Å². The van der Waals surface area contributed by atoms with Crippen molar-refractivity contribution in [2.24, 2.45) is 0 Å². The molecule has 0 saturated carbocycles. The van der Waals surface area contributed by atoms with Crippen molar-refractivity contribution >= 4 is 17.7 Å². The van der Waals surface area contributed by atoms with Crippen LogP contribution >= 0.6 is 11.8 Å². The largest absolute Gasteiger partial charge is 0.496 e. The van der Waals surface area contributed by atoms with Crippen LogP contribution in [-0.2, 0) is 4.79 Å². The molecule has 0 bridgehead atoms. The van der Waals surface area contributed by atoms with Crippen LogP contribution in [0.4, 0.5) is 0 Å². The summed E-state index contributed by atoms with van der Waals surface area (Å²) in [6.07, 6.45) is 0.945. The zero-order chi connectivity index (χ0) is 13.8. The third kappa shape index (κ3) is 2.66. The van der Waals surface area contributed by atoms with E-state index in [0.29, 0.717) is 5.75 Å². The van der Waals surface area contributed by atoms with E-state index in [1.54, 1.807) is 26.0 Å². The first-order valence-electron chi connectivity index (χ1n) is 6.34. The lowest BCUT2D eigenvalue weighted by molar-refractivity contribution is -0.128. The molecule has 1 aliphatic heterocycles. The standard InChI is InChI=1S/C14H19NO3S/c1-4-8-15-12(16)9-19-14(15)13-10(17-2)6-5-7-11(13)18-3/h5-7,14H,4,8-9H2,1-3H3. The maximum atomic E-state index is 12.0. The molecule has 0 spiro atoms. The van der Waals surface area contributed by atoms with Gasteiger partial charge in [0.05, 0.1) is 25.5 Å². The number of ether oxygens (including phenoxy) is 2. The fourth-order valence-electron chi connectivity index (χ4n) is 2.30. The van der Waals surface area contributed by atoms with Crippen molar-refractivity contribution in [2.75, 3.05) is 26.5 Å². The summed E-state index contributed by atoms with van der Waals surface area (Å²) < 4.78 is 10.9. The number of carbonyl (C=O) groups is 1. The van der Waals surface area contributed by atoms with Crippen molar-refractivity contribution < 1.29 is 14.3 Å². The number of benzene rings is 1. The molecule has 1 aromatic rings. The average molecular weight is 281 g/mol. The van der Waals surface area contributed by atoms with Crippen LogP contribution in [0.25, 0.3) is 0 Å². The number of nitrogens with zero attached hydrogens (tertiary/aromatic N) is 1. The van der Waals surface area contributed by atoms with Gasteiger partial charge in [0.2, 0.25) is 5.91 Å². The number of hydrogen-bond acceptors (Lipinski definition) is 4. The van der Waals surface area contributed by atoms with Gasteiger partial charge in [-0.25, -0.2) is 0 Å². The Balaban J connectivity index is 2.42. The van der Waals surface area contributed by atoms with Crippen molar-refractivity contribution in [1.82, 2.24) is 4.90 Å². The van der Waals surface area contributed by atoms with Crippen LogP contribution < -0.4 is 9.47 Å². The molecule has 0 radical (unpaired) electrons. The molecule has 1 aromatic carbocycles. The zero-order valence-corrected chi connectivity index (χ0v) is 12.3. The van der Waals surface area contributed by atoms with Crippen molar-refractivity contribution in [1.29, 1.82) is 0 Å². The van der Waals surface area contributed by atoms with Crippen LogP contribution in [0, 0.1) is 0 Å². The molecule has 19 heavy (non-hydrogen) atoms. The highest BCUT2D eigenvalue weighted by molar-refractivity contribution is 8.00. The molecule has 1 heterocycles. The summed E-state index contributed by atoms with van der Waals surface area (Å²) in [6, 6.07) is 5.71. The van der Waals surface area contributed by atoms with E-state index < -0.39 is 0 Å². The fourth-order valence-corrected chi connectivity index (χ4v) is 3.57. The Morgan fingerprint density at radius 1 is 1.32 bits per heavy atom. The van der Waals surface area contributed by atoms with Gasteiger partial charge in [-0.2, -0.15) is 0 Å². The van der Waals surface area contributed by atoms with Gasteiger partial charge in [0.25, 0.3) is 0 Å². The summed E-state index contributed by atoms with van der Waals surface area (Å²) in [5.41, 5.74) is 0.955. The van der Waals surface area contributed by atoms with E-state index in [-0.39, 0.29) is 11.3 Å². The Bertz CT molecular complexity index is 442. The second-order valence-electron chi connectivity index (χ2n) is 4.33. The normalized spacial score (nSPS) is 18.8. The van der Waals surface area contributed by atoms with E-state index in [9.17, 15) is 4.79 Å². The van der Waals surface area contributed by atoms with Crippen LogP contribution in [0.3, 0.4) is 0 Å². The van der Waals surface area contributed by atoms with Gasteiger partial charge < -0.3 is 14.4 Å². The smallest absolute Gasteiger partial charge is 0.233 e. The number of thioether (sulfide) groups is 1. The molecule has 1 amide bonds. The summed E-state index contributed by atoms with van der Waals surface area (Å²) in [5, 5.41) is -0.0152. The Hall–Kier alpha value is -1.36. The summed E-state index contributed by atoms with van der Waals surface area (Å²) in [4.78, 5) is 13.9. The molecular formula is C14H19NO3S. The molecule has 1 unspecified atom stereocenters. The van der Waals surface area contributed by atoms with E-state index in [0.717, 1.165) is 30.0 Å². The van der Waals surface area contributed by atoms with Crippen LogP contribution in [0.1, 0.15) is 24.3 Å². The highest BCUT2D eigenvalue weighted by Gasteiger charge is 2.35. The molecular weight excluding hydrogens is 262 g/mol. The molecule has 104 valence electrons. The predicted molar refractivity (Wildman–Crippen MR) is 76.7 cm³/mol. The first-order chi connectivity index (χ1) is 9.22. The number of methoxy groups -OCH3 is 2. The SMILES string of the molecule is CCCN1C(=O)CSC1c1c(OC)cccc1OC. The van der Waals surface area contributed by atoms with Crippen LogP contribution in [0.5, 0.6) is 11.5 Å². The maximum Gasteiger partial charge on any atom is 0.233 e. The summed E-state index contributed by atoms with van der Waals surface area (Å²) in [7, 11) is 3.29. The number of amides is 1. The van der Waals surface area contributed by atoms with Gasteiger partial charge in [-0.3, -0.25) is 4.79 Å². The first-order valence-corrected chi connectivity index (χ1v) is 7.39. The van der Waals surface area contributed by atoms with Gasteiger partial charge in [-0.15, -0.1) is 11.8 Å². The van der Waals surface area contributed by atoms with Gasteiger partial charge >= 0.3 is 0 Å². The van der Waals surface area contributed by atoms with Gasteiger partial charge in [0.1, 0.15) is 16.9 Å². The number of rotatable bonds is 5. The molecule has 0 aliphatic carbocycles. The van der Waals surface area contributed by atoms with E-state index in [1.807, 2.05) is 23.1 Å². The average Bonchev–Trinajstić information content (AvgIpc) is 2.79. The lowest BCUT2D eigenvalue weighted by atomic mass is 10.1.